The van der Waals surface area contributed by atoms with Gasteiger partial charge in [0.15, 0.2) is 5.82 Å². The summed E-state index contributed by atoms with van der Waals surface area (Å²) in [6.07, 6.45) is -0.433. The Hall–Kier alpha value is -2.12. The van der Waals surface area contributed by atoms with E-state index in [1.54, 1.807) is 13.8 Å². The molecule has 0 aliphatic carbocycles. The Kier molecular flexibility index (Phi) is 4.02. The average Bonchev–Trinajstić information content (AvgIpc) is 2.55. The highest BCUT2D eigenvalue weighted by Gasteiger charge is 2.19. The molecule has 0 radical (unpaired) electrons. The van der Waals surface area contributed by atoms with Crippen molar-refractivity contribution in [1.82, 2.24) is 15.0 Å². The molecule has 0 saturated heterocycles. The molecule has 94 valence electrons. The number of rotatable bonds is 5. The Balaban J connectivity index is 2.76. The number of aliphatic carboxylic acids is 1. The number of aryl methyl sites for hydroxylation is 1. The third-order valence-electron chi connectivity index (χ3n) is 1.85. The van der Waals surface area contributed by atoms with Crippen LogP contribution in [0.3, 0.4) is 0 Å². The molecule has 1 aromatic heterocycles. The summed E-state index contributed by atoms with van der Waals surface area (Å²) in [5.74, 6) is -1.64. The zero-order valence-electron chi connectivity index (χ0n) is 9.58. The first kappa shape index (κ1) is 12.9. The van der Waals surface area contributed by atoms with Crippen molar-refractivity contribution >= 4 is 17.8 Å². The zero-order valence-corrected chi connectivity index (χ0v) is 9.58. The predicted octanol–water partition coefficient (Wildman–Crippen LogP) is -0.0998. The fraction of sp³-hybridized carbons (Fsp3) is 0.556. The van der Waals surface area contributed by atoms with Crippen LogP contribution < -0.4 is 5.73 Å². The van der Waals surface area contributed by atoms with Crippen LogP contribution in [0.5, 0.6) is 0 Å². The minimum absolute atomic E-state index is 0.0110. The lowest BCUT2D eigenvalue weighted by Gasteiger charge is -2.06. The Morgan fingerprint density at radius 2 is 2.18 bits per heavy atom. The number of nitrogen functional groups attached to an aromatic ring is 1. The van der Waals surface area contributed by atoms with Crippen LogP contribution in [0.2, 0.25) is 0 Å². The zero-order chi connectivity index (χ0) is 13.0. The van der Waals surface area contributed by atoms with Crippen LogP contribution in [-0.2, 0) is 16.1 Å². The monoisotopic (exact) mass is 242 g/mol. The molecule has 3 N–H and O–H groups in total. The SMILES string of the molecule is CC(C)OC(=O)c1nnn(CCC(=O)O)c1N. The van der Waals surface area contributed by atoms with E-state index in [0.717, 1.165) is 4.68 Å². The van der Waals surface area contributed by atoms with E-state index in [1.807, 2.05) is 0 Å². The summed E-state index contributed by atoms with van der Waals surface area (Å²) in [5.41, 5.74) is 5.52. The molecule has 1 rings (SSSR count). The van der Waals surface area contributed by atoms with Gasteiger partial charge in [-0.25, -0.2) is 9.48 Å². The molecular weight excluding hydrogens is 228 g/mol. The highest BCUT2D eigenvalue weighted by atomic mass is 16.5. The number of esters is 1. The van der Waals surface area contributed by atoms with Crippen molar-refractivity contribution in [3.63, 3.8) is 0 Å². The van der Waals surface area contributed by atoms with E-state index in [9.17, 15) is 9.59 Å². The molecule has 8 heteroatoms. The van der Waals surface area contributed by atoms with Gasteiger partial charge in [-0.05, 0) is 13.8 Å². The maximum absolute atomic E-state index is 11.5. The lowest BCUT2D eigenvalue weighted by atomic mass is 10.4. The lowest BCUT2D eigenvalue weighted by molar-refractivity contribution is -0.137. The molecule has 0 atom stereocenters. The van der Waals surface area contributed by atoms with Crippen LogP contribution in [0.4, 0.5) is 5.82 Å². The van der Waals surface area contributed by atoms with Gasteiger partial charge in [-0.15, -0.1) is 5.10 Å². The topological polar surface area (TPSA) is 120 Å². The molecular formula is C9H14N4O4. The van der Waals surface area contributed by atoms with E-state index in [1.165, 1.54) is 0 Å². The third kappa shape index (κ3) is 3.44. The number of nitrogens with two attached hydrogens (primary N) is 1. The normalized spacial score (nSPS) is 10.5. The molecule has 0 aromatic carbocycles. The van der Waals surface area contributed by atoms with Gasteiger partial charge in [0.1, 0.15) is 0 Å². The molecule has 8 nitrogen and oxygen atoms in total. The number of ether oxygens (including phenoxy) is 1. The van der Waals surface area contributed by atoms with E-state index in [0.29, 0.717) is 0 Å². The van der Waals surface area contributed by atoms with E-state index < -0.39 is 11.9 Å². The van der Waals surface area contributed by atoms with Gasteiger partial charge < -0.3 is 15.6 Å². The van der Waals surface area contributed by atoms with Crippen molar-refractivity contribution in [3.8, 4) is 0 Å². The molecule has 0 aliphatic heterocycles. The first-order chi connectivity index (χ1) is 7.91. The number of carboxylic acid groups (broad SMARTS) is 1. The van der Waals surface area contributed by atoms with Crippen molar-refractivity contribution in [2.75, 3.05) is 5.73 Å². The minimum atomic E-state index is -0.980. The summed E-state index contributed by atoms with van der Waals surface area (Å²) in [4.78, 5) is 21.9. The summed E-state index contributed by atoms with van der Waals surface area (Å²) < 4.78 is 6.06. The Labute approximate surface area is 97.4 Å². The molecule has 0 fully saturated rings. The number of hydrogen-bond acceptors (Lipinski definition) is 6. The Bertz CT molecular complexity index is 427. The van der Waals surface area contributed by atoms with Crippen LogP contribution >= 0.6 is 0 Å². The van der Waals surface area contributed by atoms with Gasteiger partial charge in [0, 0.05) is 0 Å². The third-order valence-corrected chi connectivity index (χ3v) is 1.85. The van der Waals surface area contributed by atoms with Crippen molar-refractivity contribution < 1.29 is 19.4 Å². The second-order valence-electron chi connectivity index (χ2n) is 3.64. The molecule has 0 amide bonds. The smallest absolute Gasteiger partial charge is 0.363 e. The lowest BCUT2D eigenvalue weighted by Crippen LogP contribution is -2.15. The van der Waals surface area contributed by atoms with Gasteiger partial charge in [0.05, 0.1) is 19.1 Å². The van der Waals surface area contributed by atoms with Gasteiger partial charge in [-0.3, -0.25) is 4.79 Å². The summed E-state index contributed by atoms with van der Waals surface area (Å²) in [6.45, 7) is 3.45. The maximum atomic E-state index is 11.5. The van der Waals surface area contributed by atoms with Gasteiger partial charge >= 0.3 is 11.9 Å². The number of anilines is 1. The first-order valence-electron chi connectivity index (χ1n) is 5.03. The number of carbonyl (C=O) groups is 2. The fourth-order valence-electron chi connectivity index (χ4n) is 1.10. The molecule has 0 aliphatic rings. The Morgan fingerprint density at radius 1 is 1.53 bits per heavy atom. The highest BCUT2D eigenvalue weighted by molar-refractivity contribution is 5.91. The first-order valence-corrected chi connectivity index (χ1v) is 5.03. The van der Waals surface area contributed by atoms with Crippen molar-refractivity contribution in [3.05, 3.63) is 5.69 Å². The number of carbonyl (C=O) groups excluding carboxylic acids is 1. The molecule has 0 unspecified atom stereocenters. The van der Waals surface area contributed by atoms with Crippen LogP contribution in [0, 0.1) is 0 Å². The molecule has 1 aromatic rings. The summed E-state index contributed by atoms with van der Waals surface area (Å²) in [6, 6.07) is 0. The van der Waals surface area contributed by atoms with Crippen LogP contribution in [0.25, 0.3) is 0 Å². The van der Waals surface area contributed by atoms with E-state index in [2.05, 4.69) is 10.3 Å². The van der Waals surface area contributed by atoms with Crippen molar-refractivity contribution in [1.29, 1.82) is 0 Å². The fourth-order valence-corrected chi connectivity index (χ4v) is 1.10. The van der Waals surface area contributed by atoms with E-state index >= 15 is 0 Å². The minimum Gasteiger partial charge on any atom is -0.481 e. The Morgan fingerprint density at radius 3 is 2.71 bits per heavy atom. The molecule has 0 saturated carbocycles. The standard InChI is InChI=1S/C9H14N4O4/c1-5(2)17-9(16)7-8(10)13(12-11-7)4-3-6(14)15/h5H,3-4,10H2,1-2H3,(H,14,15). The van der Waals surface area contributed by atoms with Gasteiger partial charge in [0.25, 0.3) is 0 Å². The number of hydrogen-bond donors (Lipinski definition) is 2. The number of nitrogens with zero attached hydrogens (tertiary/aromatic N) is 3. The quantitative estimate of drug-likeness (QED) is 0.691. The van der Waals surface area contributed by atoms with E-state index in [4.69, 9.17) is 15.6 Å². The molecule has 0 spiro atoms. The van der Waals surface area contributed by atoms with Gasteiger partial charge in [-0.1, -0.05) is 5.21 Å². The number of carboxylic acids is 1. The summed E-state index contributed by atoms with van der Waals surface area (Å²) in [7, 11) is 0. The summed E-state index contributed by atoms with van der Waals surface area (Å²) >= 11 is 0. The number of aromatic nitrogens is 3. The second kappa shape index (κ2) is 5.28. The summed E-state index contributed by atoms with van der Waals surface area (Å²) in [5, 5.41) is 15.7. The van der Waals surface area contributed by atoms with Crippen molar-refractivity contribution in [2.45, 2.75) is 32.9 Å². The highest BCUT2D eigenvalue weighted by Crippen LogP contribution is 2.10. The second-order valence-corrected chi connectivity index (χ2v) is 3.64. The van der Waals surface area contributed by atoms with Gasteiger partial charge in [0.2, 0.25) is 5.69 Å². The van der Waals surface area contributed by atoms with Gasteiger partial charge in [-0.2, -0.15) is 0 Å². The molecule has 17 heavy (non-hydrogen) atoms. The van der Waals surface area contributed by atoms with E-state index in [-0.39, 0.29) is 30.6 Å². The largest absolute Gasteiger partial charge is 0.481 e. The maximum Gasteiger partial charge on any atom is 0.363 e. The van der Waals surface area contributed by atoms with Crippen LogP contribution in [0.15, 0.2) is 0 Å². The van der Waals surface area contributed by atoms with Crippen LogP contribution in [-0.4, -0.2) is 38.1 Å². The average molecular weight is 242 g/mol. The molecule has 0 bridgehead atoms. The predicted molar refractivity (Wildman–Crippen MR) is 57.2 cm³/mol. The molecule has 1 heterocycles. The van der Waals surface area contributed by atoms with Crippen LogP contribution in [0.1, 0.15) is 30.8 Å². The van der Waals surface area contributed by atoms with Crippen molar-refractivity contribution in [2.24, 2.45) is 0 Å².